The fourth-order valence-electron chi connectivity index (χ4n) is 1.28. The molecule has 19 heavy (non-hydrogen) atoms. The summed E-state index contributed by atoms with van der Waals surface area (Å²) in [5, 5.41) is 11.9. The number of nitrogens with zero attached hydrogens (tertiary/aromatic N) is 2. The van der Waals surface area contributed by atoms with Gasteiger partial charge in [0, 0.05) is 5.69 Å². The first kappa shape index (κ1) is 14.1. The van der Waals surface area contributed by atoms with E-state index in [0.717, 1.165) is 9.35 Å². The number of hydrogen-bond acceptors (Lipinski definition) is 6. The Morgan fingerprint density at radius 1 is 1.53 bits per heavy atom. The van der Waals surface area contributed by atoms with Crippen LogP contribution in [0.3, 0.4) is 0 Å². The van der Waals surface area contributed by atoms with Crippen LogP contribution in [0.15, 0.2) is 22.5 Å². The molecule has 1 heterocycles. The van der Waals surface area contributed by atoms with Crippen LogP contribution < -0.4 is 11.1 Å². The Morgan fingerprint density at radius 2 is 2.32 bits per heavy atom. The second-order valence-corrected chi connectivity index (χ2v) is 6.47. The van der Waals surface area contributed by atoms with Crippen molar-refractivity contribution in [3.05, 3.63) is 28.2 Å². The van der Waals surface area contributed by atoms with Crippen LogP contribution in [0.1, 0.15) is 5.01 Å². The van der Waals surface area contributed by atoms with Crippen LogP contribution in [-0.2, 0) is 4.79 Å². The van der Waals surface area contributed by atoms with Gasteiger partial charge in [0.25, 0.3) is 0 Å². The Hall–Kier alpha value is -1.31. The van der Waals surface area contributed by atoms with Crippen LogP contribution >= 0.6 is 34.7 Å². The Bertz CT molecular complexity index is 602. The summed E-state index contributed by atoms with van der Waals surface area (Å²) in [7, 11) is 0. The molecule has 0 bridgehead atoms. The molecule has 3 N–H and O–H groups in total. The zero-order chi connectivity index (χ0) is 13.8. The average Bonchev–Trinajstić information content (AvgIpc) is 2.77. The third-order valence-corrected chi connectivity index (χ3v) is 4.43. The molecule has 0 saturated carbocycles. The van der Waals surface area contributed by atoms with Gasteiger partial charge in [-0.2, -0.15) is 0 Å². The van der Waals surface area contributed by atoms with E-state index in [1.165, 1.54) is 23.1 Å². The number of carbonyl (C=O) groups is 1. The standard InChI is InChI=1S/C11H11ClN4OS2/c1-6-15-16-11(19-6)18-5-10(17)14-7-2-3-8(12)9(13)4-7/h2-4H,5,13H2,1H3,(H,14,17). The molecule has 1 aromatic heterocycles. The summed E-state index contributed by atoms with van der Waals surface area (Å²) in [6.07, 6.45) is 0. The molecule has 0 spiro atoms. The topological polar surface area (TPSA) is 80.9 Å². The Labute approximate surface area is 123 Å². The molecule has 0 atom stereocenters. The molecular formula is C11H11ClN4OS2. The van der Waals surface area contributed by atoms with E-state index in [-0.39, 0.29) is 11.7 Å². The van der Waals surface area contributed by atoms with E-state index in [0.29, 0.717) is 16.4 Å². The van der Waals surface area contributed by atoms with Crippen molar-refractivity contribution in [2.24, 2.45) is 0 Å². The zero-order valence-corrected chi connectivity index (χ0v) is 12.4. The molecule has 2 aromatic rings. The van der Waals surface area contributed by atoms with Crippen molar-refractivity contribution in [3.63, 3.8) is 0 Å². The van der Waals surface area contributed by atoms with E-state index in [2.05, 4.69) is 15.5 Å². The molecule has 1 amide bonds. The zero-order valence-electron chi connectivity index (χ0n) is 10.0. The van der Waals surface area contributed by atoms with Crippen LogP contribution in [0, 0.1) is 6.92 Å². The second kappa shape index (κ2) is 6.23. The lowest BCUT2D eigenvalue weighted by atomic mass is 10.3. The van der Waals surface area contributed by atoms with Gasteiger partial charge in [-0.05, 0) is 25.1 Å². The maximum Gasteiger partial charge on any atom is 0.234 e. The van der Waals surface area contributed by atoms with E-state index in [1.807, 2.05) is 6.92 Å². The van der Waals surface area contributed by atoms with Crippen molar-refractivity contribution in [3.8, 4) is 0 Å². The number of halogens is 1. The van der Waals surface area contributed by atoms with Crippen molar-refractivity contribution >= 4 is 52.0 Å². The maximum absolute atomic E-state index is 11.7. The number of thioether (sulfide) groups is 1. The van der Waals surface area contributed by atoms with Gasteiger partial charge in [-0.25, -0.2) is 0 Å². The van der Waals surface area contributed by atoms with Crippen LogP contribution in [0.4, 0.5) is 11.4 Å². The second-order valence-electron chi connectivity index (χ2n) is 3.66. The molecule has 8 heteroatoms. The van der Waals surface area contributed by atoms with Crippen LogP contribution in [0.25, 0.3) is 0 Å². The van der Waals surface area contributed by atoms with Crippen molar-refractivity contribution < 1.29 is 4.79 Å². The average molecular weight is 315 g/mol. The molecule has 0 unspecified atom stereocenters. The molecule has 0 radical (unpaired) electrons. The van der Waals surface area contributed by atoms with E-state index < -0.39 is 0 Å². The number of benzene rings is 1. The number of anilines is 2. The number of aryl methyl sites for hydroxylation is 1. The third kappa shape index (κ3) is 4.09. The number of nitrogens with one attached hydrogen (secondary N) is 1. The summed E-state index contributed by atoms with van der Waals surface area (Å²) in [5.41, 5.74) is 6.72. The van der Waals surface area contributed by atoms with Gasteiger partial charge in [0.05, 0.1) is 16.5 Å². The minimum atomic E-state index is -0.125. The highest BCUT2D eigenvalue weighted by molar-refractivity contribution is 8.01. The van der Waals surface area contributed by atoms with Gasteiger partial charge in [-0.3, -0.25) is 4.79 Å². The predicted octanol–water partition coefficient (Wildman–Crippen LogP) is 2.81. The SMILES string of the molecule is Cc1nnc(SCC(=O)Nc2ccc(Cl)c(N)c2)s1. The number of hydrogen-bond donors (Lipinski definition) is 2. The summed E-state index contributed by atoms with van der Waals surface area (Å²) in [6.45, 7) is 1.87. The van der Waals surface area contributed by atoms with Gasteiger partial charge in [-0.15, -0.1) is 10.2 Å². The number of nitrogen functional groups attached to an aromatic ring is 1. The lowest BCUT2D eigenvalue weighted by molar-refractivity contribution is -0.113. The largest absolute Gasteiger partial charge is 0.397 e. The molecule has 0 aliphatic heterocycles. The summed E-state index contributed by atoms with van der Waals surface area (Å²) >= 11 is 8.62. The first-order valence-electron chi connectivity index (χ1n) is 5.32. The normalized spacial score (nSPS) is 10.4. The molecule has 5 nitrogen and oxygen atoms in total. The van der Waals surface area contributed by atoms with Crippen molar-refractivity contribution in [2.75, 3.05) is 16.8 Å². The number of rotatable bonds is 4. The Balaban J connectivity index is 1.88. The van der Waals surface area contributed by atoms with Crippen molar-refractivity contribution in [2.45, 2.75) is 11.3 Å². The Morgan fingerprint density at radius 3 is 2.95 bits per heavy atom. The quantitative estimate of drug-likeness (QED) is 0.670. The van der Waals surface area contributed by atoms with Gasteiger partial charge < -0.3 is 11.1 Å². The molecular weight excluding hydrogens is 304 g/mol. The lowest BCUT2D eigenvalue weighted by Gasteiger charge is -2.05. The molecule has 1 aromatic carbocycles. The highest BCUT2D eigenvalue weighted by Crippen LogP contribution is 2.24. The first-order chi connectivity index (χ1) is 9.04. The van der Waals surface area contributed by atoms with Crippen LogP contribution in [0.2, 0.25) is 5.02 Å². The van der Waals surface area contributed by atoms with Crippen molar-refractivity contribution in [1.82, 2.24) is 10.2 Å². The minimum absolute atomic E-state index is 0.125. The van der Waals surface area contributed by atoms with Crippen molar-refractivity contribution in [1.29, 1.82) is 0 Å². The molecule has 2 rings (SSSR count). The summed E-state index contributed by atoms with van der Waals surface area (Å²) < 4.78 is 0.781. The summed E-state index contributed by atoms with van der Waals surface area (Å²) in [4.78, 5) is 11.7. The lowest BCUT2D eigenvalue weighted by Crippen LogP contribution is -2.14. The van der Waals surface area contributed by atoms with Crippen LogP contribution in [0.5, 0.6) is 0 Å². The first-order valence-corrected chi connectivity index (χ1v) is 7.50. The fraction of sp³-hybridized carbons (Fsp3) is 0.182. The summed E-state index contributed by atoms with van der Waals surface area (Å²) in [6, 6.07) is 4.98. The number of aromatic nitrogens is 2. The monoisotopic (exact) mass is 314 g/mol. The van der Waals surface area contributed by atoms with Gasteiger partial charge in [0.15, 0.2) is 4.34 Å². The van der Waals surface area contributed by atoms with Gasteiger partial charge in [0.2, 0.25) is 5.91 Å². The number of carbonyl (C=O) groups excluding carboxylic acids is 1. The third-order valence-electron chi connectivity index (χ3n) is 2.11. The van der Waals surface area contributed by atoms with Gasteiger partial charge in [-0.1, -0.05) is 34.7 Å². The van der Waals surface area contributed by atoms with E-state index in [9.17, 15) is 4.79 Å². The fourth-order valence-corrected chi connectivity index (χ4v) is 3.02. The van der Waals surface area contributed by atoms with Gasteiger partial charge in [0.1, 0.15) is 5.01 Å². The maximum atomic E-state index is 11.7. The molecule has 0 saturated heterocycles. The van der Waals surface area contributed by atoms with Gasteiger partial charge >= 0.3 is 0 Å². The molecule has 0 fully saturated rings. The highest BCUT2D eigenvalue weighted by atomic mass is 35.5. The smallest absolute Gasteiger partial charge is 0.234 e. The van der Waals surface area contributed by atoms with E-state index in [1.54, 1.807) is 18.2 Å². The molecule has 0 aliphatic carbocycles. The minimum Gasteiger partial charge on any atom is -0.397 e. The number of nitrogens with two attached hydrogens (primary N) is 1. The van der Waals surface area contributed by atoms with E-state index in [4.69, 9.17) is 17.3 Å². The van der Waals surface area contributed by atoms with E-state index >= 15 is 0 Å². The van der Waals surface area contributed by atoms with Crippen LogP contribution in [-0.4, -0.2) is 21.9 Å². The Kier molecular flexibility index (Phi) is 4.62. The number of amides is 1. The molecule has 100 valence electrons. The highest BCUT2D eigenvalue weighted by Gasteiger charge is 2.07. The summed E-state index contributed by atoms with van der Waals surface area (Å²) in [5.74, 6) is 0.150. The molecule has 0 aliphatic rings. The predicted molar refractivity (Wildman–Crippen MR) is 79.9 cm³/mol.